The lowest BCUT2D eigenvalue weighted by atomic mass is 9.62. The molecular formula is C20H26N2O2. The van der Waals surface area contributed by atoms with Crippen LogP contribution in [0.2, 0.25) is 0 Å². The summed E-state index contributed by atoms with van der Waals surface area (Å²) < 4.78 is 0. The number of nitrogens with zero attached hydrogens (tertiary/aromatic N) is 2. The number of aliphatic hydroxyl groups excluding tert-OH is 2. The molecule has 4 heteroatoms. The van der Waals surface area contributed by atoms with Gasteiger partial charge in [-0.15, -0.1) is 0 Å². The molecule has 128 valence electrons. The summed E-state index contributed by atoms with van der Waals surface area (Å²) in [5.74, 6) is 1.14. The molecule has 0 amide bonds. The number of hydrogen-bond donors (Lipinski definition) is 2. The van der Waals surface area contributed by atoms with Crippen molar-refractivity contribution in [2.45, 2.75) is 62.1 Å². The fourth-order valence-corrected chi connectivity index (χ4v) is 7.88. The van der Waals surface area contributed by atoms with Crippen LogP contribution < -0.4 is 4.90 Å². The summed E-state index contributed by atoms with van der Waals surface area (Å²) in [4.78, 5) is 4.83. The topological polar surface area (TPSA) is 46.9 Å². The van der Waals surface area contributed by atoms with Gasteiger partial charge in [0.1, 0.15) is 6.23 Å². The van der Waals surface area contributed by atoms with E-state index in [0.717, 1.165) is 19.3 Å². The van der Waals surface area contributed by atoms with E-state index in [4.69, 9.17) is 0 Å². The quantitative estimate of drug-likeness (QED) is 0.822. The molecule has 7 rings (SSSR count). The van der Waals surface area contributed by atoms with E-state index in [0.29, 0.717) is 35.9 Å². The number of rotatable bonds is 1. The third-order valence-corrected chi connectivity index (χ3v) is 8.46. The van der Waals surface area contributed by atoms with Gasteiger partial charge in [-0.3, -0.25) is 4.90 Å². The highest BCUT2D eigenvalue weighted by Crippen LogP contribution is 2.68. The Hall–Kier alpha value is -1.10. The van der Waals surface area contributed by atoms with Crippen LogP contribution in [0.15, 0.2) is 24.3 Å². The molecule has 0 aromatic heterocycles. The number of aliphatic hydroxyl groups is 2. The van der Waals surface area contributed by atoms with Crippen LogP contribution in [-0.4, -0.2) is 52.6 Å². The van der Waals surface area contributed by atoms with Crippen molar-refractivity contribution >= 4 is 5.69 Å². The van der Waals surface area contributed by atoms with E-state index in [1.165, 1.54) is 11.3 Å². The molecule has 1 unspecified atom stereocenters. The maximum absolute atomic E-state index is 11.6. The van der Waals surface area contributed by atoms with Crippen molar-refractivity contribution in [3.8, 4) is 0 Å². The zero-order valence-electron chi connectivity index (χ0n) is 14.3. The van der Waals surface area contributed by atoms with Gasteiger partial charge in [0.25, 0.3) is 0 Å². The number of piperidine rings is 4. The Kier molecular flexibility index (Phi) is 2.45. The van der Waals surface area contributed by atoms with Gasteiger partial charge in [-0.25, -0.2) is 0 Å². The van der Waals surface area contributed by atoms with Gasteiger partial charge in [-0.2, -0.15) is 0 Å². The smallest absolute Gasteiger partial charge is 0.111 e. The van der Waals surface area contributed by atoms with Gasteiger partial charge >= 0.3 is 0 Å². The van der Waals surface area contributed by atoms with E-state index in [1.54, 1.807) is 0 Å². The second kappa shape index (κ2) is 4.17. The Balaban J connectivity index is 1.60. The molecule has 5 fully saturated rings. The van der Waals surface area contributed by atoms with Gasteiger partial charge < -0.3 is 15.1 Å². The third kappa shape index (κ3) is 1.20. The average Bonchev–Trinajstić information content (AvgIpc) is 2.97. The molecule has 1 aromatic carbocycles. The first-order valence-corrected chi connectivity index (χ1v) is 9.57. The summed E-state index contributed by atoms with van der Waals surface area (Å²) in [5, 5.41) is 22.6. The van der Waals surface area contributed by atoms with Gasteiger partial charge in [-0.1, -0.05) is 25.1 Å². The number of fused-ring (bicyclic) bond motifs is 2. The zero-order valence-corrected chi connectivity index (χ0v) is 14.3. The van der Waals surface area contributed by atoms with Crippen LogP contribution in [-0.2, 0) is 5.41 Å². The molecule has 10 atom stereocenters. The largest absolute Gasteiger partial charge is 0.392 e. The fraction of sp³-hybridized carbons (Fsp3) is 0.700. The minimum Gasteiger partial charge on any atom is -0.392 e. The molecule has 1 aliphatic carbocycles. The molecule has 5 aliphatic heterocycles. The van der Waals surface area contributed by atoms with Gasteiger partial charge in [0.05, 0.1) is 12.1 Å². The van der Waals surface area contributed by atoms with E-state index in [1.807, 2.05) is 0 Å². The summed E-state index contributed by atoms with van der Waals surface area (Å²) in [6, 6.07) is 9.70. The maximum atomic E-state index is 11.6. The Morgan fingerprint density at radius 3 is 2.79 bits per heavy atom. The monoisotopic (exact) mass is 326 g/mol. The van der Waals surface area contributed by atoms with Crippen LogP contribution >= 0.6 is 0 Å². The standard InChI is InChI=1S/C20H26N2O2/c1-3-10-11-8-14-17-20(12-6-4-5-7-13(12)21(17)2)9-15(16(11)18(20)23)22(14)19(10)24/h4-7,10-11,14-19,23-24H,3,8-9H2,1-2H3/t10-,11-,14-,15-,16-,17-,18+,19+,20-/m0/s1. The van der Waals surface area contributed by atoms with Crippen LogP contribution in [0.5, 0.6) is 0 Å². The Morgan fingerprint density at radius 1 is 1.21 bits per heavy atom. The summed E-state index contributed by atoms with van der Waals surface area (Å²) in [6.07, 6.45) is 2.56. The molecule has 1 aromatic rings. The van der Waals surface area contributed by atoms with E-state index >= 15 is 0 Å². The first-order chi connectivity index (χ1) is 11.6. The molecule has 4 saturated heterocycles. The highest BCUT2D eigenvalue weighted by molar-refractivity contribution is 5.67. The zero-order chi connectivity index (χ0) is 16.4. The lowest BCUT2D eigenvalue weighted by molar-refractivity contribution is -0.211. The molecule has 1 spiro atoms. The first kappa shape index (κ1) is 14.1. The van der Waals surface area contributed by atoms with Crippen molar-refractivity contribution in [2.75, 3.05) is 11.9 Å². The van der Waals surface area contributed by atoms with Crippen LogP contribution in [0.1, 0.15) is 31.7 Å². The Morgan fingerprint density at radius 2 is 2.00 bits per heavy atom. The molecule has 5 bridgehead atoms. The molecular weight excluding hydrogens is 300 g/mol. The van der Waals surface area contributed by atoms with Crippen LogP contribution in [0.25, 0.3) is 0 Å². The van der Waals surface area contributed by atoms with Crippen molar-refractivity contribution in [3.63, 3.8) is 0 Å². The average molecular weight is 326 g/mol. The lowest BCUT2D eigenvalue weighted by Crippen LogP contribution is -2.72. The van der Waals surface area contributed by atoms with Crippen molar-refractivity contribution in [2.24, 2.45) is 17.8 Å². The predicted octanol–water partition coefficient (Wildman–Crippen LogP) is 1.55. The Bertz CT molecular complexity index is 723. The first-order valence-electron chi connectivity index (χ1n) is 9.57. The van der Waals surface area contributed by atoms with Crippen LogP contribution in [0, 0.1) is 17.8 Å². The SMILES string of the molecule is CC[C@H]1[C@@H]2C[C@H]3[C@@H]4N(C)c5ccccc5[C@@]45C[C@@H]([C@H]2[C@H]5O)N3[C@@H]1O. The molecule has 0 radical (unpaired) electrons. The van der Waals surface area contributed by atoms with Gasteiger partial charge in [-0.05, 0) is 36.8 Å². The number of benzene rings is 1. The van der Waals surface area contributed by atoms with Gasteiger partial charge in [0.2, 0.25) is 0 Å². The number of likely N-dealkylation sites (N-methyl/N-ethyl adjacent to an activating group) is 1. The van der Waals surface area contributed by atoms with Gasteiger partial charge in [0.15, 0.2) is 0 Å². The Labute approximate surface area is 143 Å². The van der Waals surface area contributed by atoms with Crippen LogP contribution in [0.3, 0.4) is 0 Å². The summed E-state index contributed by atoms with van der Waals surface area (Å²) in [5.41, 5.74) is 2.51. The maximum Gasteiger partial charge on any atom is 0.111 e. The second-order valence-electron chi connectivity index (χ2n) is 8.81. The highest BCUT2D eigenvalue weighted by Gasteiger charge is 2.76. The van der Waals surface area contributed by atoms with Gasteiger partial charge in [0, 0.05) is 42.1 Å². The van der Waals surface area contributed by atoms with E-state index in [-0.39, 0.29) is 17.7 Å². The molecule has 2 N–H and O–H groups in total. The highest BCUT2D eigenvalue weighted by atomic mass is 16.3. The normalized spacial score (nSPS) is 55.8. The summed E-state index contributed by atoms with van der Waals surface area (Å²) in [6.45, 7) is 2.19. The minimum atomic E-state index is -0.319. The van der Waals surface area contributed by atoms with Crippen molar-refractivity contribution in [3.05, 3.63) is 29.8 Å². The molecule has 1 saturated carbocycles. The summed E-state index contributed by atoms with van der Waals surface area (Å²) in [7, 11) is 2.19. The molecule has 24 heavy (non-hydrogen) atoms. The number of para-hydroxylation sites is 1. The van der Waals surface area contributed by atoms with Crippen molar-refractivity contribution in [1.82, 2.24) is 4.90 Å². The molecule has 5 heterocycles. The predicted molar refractivity (Wildman–Crippen MR) is 91.7 cm³/mol. The number of hydrogen-bond acceptors (Lipinski definition) is 4. The molecule has 4 nitrogen and oxygen atoms in total. The second-order valence-corrected chi connectivity index (χ2v) is 8.81. The van der Waals surface area contributed by atoms with E-state index in [9.17, 15) is 10.2 Å². The summed E-state index contributed by atoms with van der Waals surface area (Å²) >= 11 is 0. The van der Waals surface area contributed by atoms with E-state index in [2.05, 4.69) is 48.0 Å². The molecule has 6 aliphatic rings. The lowest BCUT2D eigenvalue weighted by Gasteiger charge is -2.62. The van der Waals surface area contributed by atoms with Crippen molar-refractivity contribution < 1.29 is 10.2 Å². The fourth-order valence-electron chi connectivity index (χ4n) is 7.88. The minimum absolute atomic E-state index is 0.126. The number of anilines is 1. The van der Waals surface area contributed by atoms with Crippen molar-refractivity contribution in [1.29, 1.82) is 0 Å². The third-order valence-electron chi connectivity index (χ3n) is 8.46. The van der Waals surface area contributed by atoms with E-state index < -0.39 is 0 Å². The van der Waals surface area contributed by atoms with Crippen LogP contribution in [0.4, 0.5) is 5.69 Å².